The lowest BCUT2D eigenvalue weighted by Gasteiger charge is -2.24. The van der Waals surface area contributed by atoms with Crippen LogP contribution in [0.3, 0.4) is 0 Å². The van der Waals surface area contributed by atoms with E-state index in [2.05, 4.69) is 21.1 Å². The highest BCUT2D eigenvalue weighted by molar-refractivity contribution is 5.54. The van der Waals surface area contributed by atoms with Crippen LogP contribution in [0.4, 0.5) is 4.39 Å². The van der Waals surface area contributed by atoms with Gasteiger partial charge in [-0.1, -0.05) is 35.5 Å². The summed E-state index contributed by atoms with van der Waals surface area (Å²) in [5, 5.41) is 4.05. The number of halogens is 1. The van der Waals surface area contributed by atoms with Crippen molar-refractivity contribution >= 4 is 0 Å². The lowest BCUT2D eigenvalue weighted by atomic mass is 10.1. The van der Waals surface area contributed by atoms with Crippen molar-refractivity contribution in [3.05, 3.63) is 65.3 Å². The number of aryl methyl sites for hydroxylation is 1. The van der Waals surface area contributed by atoms with Crippen molar-refractivity contribution < 1.29 is 18.4 Å². The highest BCUT2D eigenvalue weighted by Crippen LogP contribution is 2.23. The van der Waals surface area contributed by atoms with E-state index in [1.807, 2.05) is 18.2 Å². The maximum Gasteiger partial charge on any atom is 0.241 e. The summed E-state index contributed by atoms with van der Waals surface area (Å²) in [6.45, 7) is 4.42. The number of ether oxygens (including phenoxy) is 2. The van der Waals surface area contributed by atoms with Gasteiger partial charge < -0.3 is 14.0 Å². The van der Waals surface area contributed by atoms with Crippen LogP contribution in [0.15, 0.2) is 47.0 Å². The average Bonchev–Trinajstić information content (AvgIpc) is 3.43. The lowest BCUT2D eigenvalue weighted by Crippen LogP contribution is -2.31. The summed E-state index contributed by atoms with van der Waals surface area (Å²) < 4.78 is 30.7. The Labute approximate surface area is 175 Å². The van der Waals surface area contributed by atoms with Crippen molar-refractivity contribution in [3.8, 4) is 17.1 Å². The van der Waals surface area contributed by atoms with Gasteiger partial charge >= 0.3 is 0 Å². The fourth-order valence-electron chi connectivity index (χ4n) is 3.70. The molecule has 0 aliphatic carbocycles. The molecule has 7 heteroatoms. The van der Waals surface area contributed by atoms with Crippen LogP contribution in [-0.4, -0.2) is 41.4 Å². The summed E-state index contributed by atoms with van der Waals surface area (Å²) in [6, 6.07) is 12.9. The van der Waals surface area contributed by atoms with Crippen molar-refractivity contribution in [2.45, 2.75) is 39.0 Å². The zero-order valence-electron chi connectivity index (χ0n) is 17.3. The zero-order chi connectivity index (χ0) is 20.9. The smallest absolute Gasteiger partial charge is 0.241 e. The molecule has 1 saturated heterocycles. The zero-order valence-corrected chi connectivity index (χ0v) is 17.3. The largest absolute Gasteiger partial charge is 0.496 e. The third-order valence-corrected chi connectivity index (χ3v) is 5.33. The Kier molecular flexibility index (Phi) is 6.40. The van der Waals surface area contributed by atoms with Gasteiger partial charge in [-0.2, -0.15) is 4.98 Å². The minimum atomic E-state index is -0.282. The van der Waals surface area contributed by atoms with E-state index in [1.54, 1.807) is 26.2 Å². The molecule has 0 amide bonds. The number of para-hydroxylation sites is 1. The number of benzene rings is 2. The first-order valence-electron chi connectivity index (χ1n) is 10.2. The monoisotopic (exact) mass is 411 g/mol. The van der Waals surface area contributed by atoms with Crippen molar-refractivity contribution in [2.75, 3.05) is 20.3 Å². The third-order valence-electron chi connectivity index (χ3n) is 5.33. The summed E-state index contributed by atoms with van der Waals surface area (Å²) in [5.41, 5.74) is 2.27. The van der Waals surface area contributed by atoms with Gasteiger partial charge in [-0.25, -0.2) is 4.39 Å². The van der Waals surface area contributed by atoms with Crippen LogP contribution >= 0.6 is 0 Å². The first kappa shape index (κ1) is 20.5. The van der Waals surface area contributed by atoms with Crippen LogP contribution in [0, 0.1) is 12.7 Å². The van der Waals surface area contributed by atoms with Gasteiger partial charge in [0.05, 0.1) is 19.8 Å². The van der Waals surface area contributed by atoms with Crippen molar-refractivity contribution in [3.63, 3.8) is 0 Å². The Bertz CT molecular complexity index is 985. The van der Waals surface area contributed by atoms with Crippen LogP contribution in [0.1, 0.15) is 29.9 Å². The molecule has 1 aliphatic rings. The van der Waals surface area contributed by atoms with E-state index in [1.165, 1.54) is 6.07 Å². The molecule has 158 valence electrons. The Balaban J connectivity index is 1.52. The van der Waals surface area contributed by atoms with Crippen LogP contribution in [0.2, 0.25) is 0 Å². The summed E-state index contributed by atoms with van der Waals surface area (Å²) in [4.78, 5) is 6.71. The molecule has 4 rings (SSSR count). The SMILES string of the molecule is COc1ccccc1CN(Cc1nc(-c2ccc(C)c(F)c2)no1)C[C@@H]1CCCO1. The molecule has 0 unspecified atom stereocenters. The van der Waals surface area contributed by atoms with E-state index in [0.717, 1.165) is 37.3 Å². The first-order valence-corrected chi connectivity index (χ1v) is 10.2. The molecule has 2 heterocycles. The number of methoxy groups -OCH3 is 1. The van der Waals surface area contributed by atoms with Crippen molar-refractivity contribution in [1.29, 1.82) is 0 Å². The Hall–Kier alpha value is -2.77. The summed E-state index contributed by atoms with van der Waals surface area (Å²) in [5.74, 6) is 1.43. The lowest BCUT2D eigenvalue weighted by molar-refractivity contribution is 0.0637. The first-order chi connectivity index (χ1) is 14.6. The molecule has 1 aliphatic heterocycles. The molecule has 6 nitrogen and oxygen atoms in total. The van der Waals surface area contributed by atoms with Gasteiger partial charge in [-0.3, -0.25) is 4.90 Å². The second kappa shape index (κ2) is 9.36. The minimum absolute atomic E-state index is 0.188. The van der Waals surface area contributed by atoms with Gasteiger partial charge in [0.2, 0.25) is 11.7 Å². The maximum absolute atomic E-state index is 13.9. The van der Waals surface area contributed by atoms with Gasteiger partial charge in [0.1, 0.15) is 11.6 Å². The normalized spacial score (nSPS) is 16.3. The van der Waals surface area contributed by atoms with E-state index in [9.17, 15) is 4.39 Å². The standard InChI is InChI=1S/C23H26FN3O3/c1-16-9-10-17(12-20(16)24)23-25-22(30-26-23)15-27(14-19-7-5-11-29-19)13-18-6-3-4-8-21(18)28-2/h3-4,6,8-10,12,19H,5,7,11,13-15H2,1-2H3/t19-/m0/s1. The van der Waals surface area contributed by atoms with E-state index >= 15 is 0 Å². The van der Waals surface area contributed by atoms with E-state index in [0.29, 0.717) is 35.9 Å². The van der Waals surface area contributed by atoms with E-state index in [4.69, 9.17) is 14.0 Å². The summed E-state index contributed by atoms with van der Waals surface area (Å²) >= 11 is 0. The summed E-state index contributed by atoms with van der Waals surface area (Å²) in [7, 11) is 1.67. The highest BCUT2D eigenvalue weighted by Gasteiger charge is 2.22. The molecule has 0 saturated carbocycles. The molecule has 1 aromatic heterocycles. The number of hydrogen-bond acceptors (Lipinski definition) is 6. The Morgan fingerprint density at radius 2 is 2.07 bits per heavy atom. The van der Waals surface area contributed by atoms with Crippen molar-refractivity contribution in [2.24, 2.45) is 0 Å². The van der Waals surface area contributed by atoms with Gasteiger partial charge in [0.15, 0.2) is 0 Å². The maximum atomic E-state index is 13.9. The molecular formula is C23H26FN3O3. The van der Waals surface area contributed by atoms with Crippen LogP contribution in [-0.2, 0) is 17.8 Å². The minimum Gasteiger partial charge on any atom is -0.496 e. The predicted octanol–water partition coefficient (Wildman–Crippen LogP) is 4.37. The molecule has 0 N–H and O–H groups in total. The molecule has 1 atom stereocenters. The van der Waals surface area contributed by atoms with E-state index in [-0.39, 0.29) is 11.9 Å². The van der Waals surface area contributed by atoms with Crippen LogP contribution < -0.4 is 4.74 Å². The molecule has 30 heavy (non-hydrogen) atoms. The third kappa shape index (κ3) is 4.86. The van der Waals surface area contributed by atoms with Gasteiger partial charge in [0.25, 0.3) is 0 Å². The van der Waals surface area contributed by atoms with Gasteiger partial charge in [-0.05, 0) is 37.5 Å². The van der Waals surface area contributed by atoms with Gasteiger partial charge in [-0.15, -0.1) is 0 Å². The molecule has 1 fully saturated rings. The highest BCUT2D eigenvalue weighted by atomic mass is 19.1. The van der Waals surface area contributed by atoms with E-state index < -0.39 is 0 Å². The Morgan fingerprint density at radius 1 is 1.20 bits per heavy atom. The van der Waals surface area contributed by atoms with Gasteiger partial charge in [0, 0.05) is 30.8 Å². The predicted molar refractivity (Wildman–Crippen MR) is 111 cm³/mol. The fourth-order valence-corrected chi connectivity index (χ4v) is 3.70. The topological polar surface area (TPSA) is 60.6 Å². The molecule has 2 aromatic carbocycles. The Morgan fingerprint density at radius 3 is 2.83 bits per heavy atom. The number of rotatable bonds is 8. The summed E-state index contributed by atoms with van der Waals surface area (Å²) in [6.07, 6.45) is 2.31. The molecule has 0 spiro atoms. The second-order valence-corrected chi connectivity index (χ2v) is 7.59. The second-order valence-electron chi connectivity index (χ2n) is 7.59. The number of aromatic nitrogens is 2. The fraction of sp³-hybridized carbons (Fsp3) is 0.391. The quantitative estimate of drug-likeness (QED) is 0.548. The van der Waals surface area contributed by atoms with Crippen LogP contribution in [0.25, 0.3) is 11.4 Å². The molecular weight excluding hydrogens is 385 g/mol. The number of hydrogen-bond donors (Lipinski definition) is 0. The number of nitrogens with zero attached hydrogens (tertiary/aromatic N) is 3. The van der Waals surface area contributed by atoms with Crippen LogP contribution in [0.5, 0.6) is 5.75 Å². The molecule has 3 aromatic rings. The average molecular weight is 411 g/mol. The molecule has 0 radical (unpaired) electrons. The van der Waals surface area contributed by atoms with Crippen molar-refractivity contribution in [1.82, 2.24) is 15.0 Å². The molecule has 0 bridgehead atoms.